The Morgan fingerprint density at radius 2 is 2.13 bits per heavy atom. The summed E-state index contributed by atoms with van der Waals surface area (Å²) in [7, 11) is 0. The predicted octanol–water partition coefficient (Wildman–Crippen LogP) is 2.89. The quantitative estimate of drug-likeness (QED) is 0.893. The number of aromatic nitrogens is 2. The fraction of sp³-hybridized carbons (Fsp3) is 0.474. The number of hydrogen-bond donors (Lipinski definition) is 2. The molecule has 0 aromatic carbocycles. The van der Waals surface area contributed by atoms with Crippen LogP contribution in [0.2, 0.25) is 0 Å². The van der Waals surface area contributed by atoms with Crippen LogP contribution in [0.3, 0.4) is 0 Å². The Morgan fingerprint density at radius 3 is 2.91 bits per heavy atom. The summed E-state index contributed by atoms with van der Waals surface area (Å²) in [6.07, 6.45) is 8.85. The number of rotatable bonds is 5. The van der Waals surface area contributed by atoms with E-state index < -0.39 is 0 Å². The Labute approximate surface area is 136 Å². The summed E-state index contributed by atoms with van der Waals surface area (Å²) in [6, 6.07) is 8.43. The molecule has 120 valence electrons. The van der Waals surface area contributed by atoms with Crippen molar-refractivity contribution in [2.75, 3.05) is 0 Å². The maximum atomic E-state index is 12.3. The lowest BCUT2D eigenvalue weighted by atomic mass is 9.95. The van der Waals surface area contributed by atoms with E-state index >= 15 is 0 Å². The van der Waals surface area contributed by atoms with Gasteiger partial charge in [0.2, 0.25) is 0 Å². The summed E-state index contributed by atoms with van der Waals surface area (Å²) in [6.45, 7) is 0.611. The van der Waals surface area contributed by atoms with Crippen molar-refractivity contribution < 1.29 is 0 Å². The zero-order valence-electron chi connectivity index (χ0n) is 13.3. The third-order valence-electron chi connectivity index (χ3n) is 5.03. The van der Waals surface area contributed by atoms with Crippen molar-refractivity contribution in [2.45, 2.75) is 51.1 Å². The number of aromatic amines is 1. The van der Waals surface area contributed by atoms with Crippen molar-refractivity contribution in [2.24, 2.45) is 5.92 Å². The van der Waals surface area contributed by atoms with Crippen LogP contribution < -0.4 is 10.9 Å². The smallest absolute Gasteiger partial charge is 0.252 e. The highest BCUT2D eigenvalue weighted by Crippen LogP contribution is 2.40. The van der Waals surface area contributed by atoms with Crippen LogP contribution in [0.15, 0.2) is 35.3 Å². The van der Waals surface area contributed by atoms with E-state index in [0.717, 1.165) is 29.8 Å². The van der Waals surface area contributed by atoms with Crippen LogP contribution >= 0.6 is 0 Å². The van der Waals surface area contributed by atoms with Gasteiger partial charge in [-0.1, -0.05) is 6.07 Å². The van der Waals surface area contributed by atoms with E-state index in [0.29, 0.717) is 12.5 Å². The molecular formula is C19H23N3O. The van der Waals surface area contributed by atoms with Gasteiger partial charge in [-0.05, 0) is 68.2 Å². The lowest BCUT2D eigenvalue weighted by Gasteiger charge is -2.19. The summed E-state index contributed by atoms with van der Waals surface area (Å²) in [5, 5.41) is 3.58. The molecule has 4 heteroatoms. The third kappa shape index (κ3) is 3.22. The number of nitrogens with one attached hydrogen (secondary N) is 2. The maximum Gasteiger partial charge on any atom is 0.252 e. The second kappa shape index (κ2) is 6.28. The number of H-pyrrole nitrogens is 1. The SMILES string of the molecule is O=c1[nH]c2c(cc1CNC(c1ccccn1)C1CC1)CCCC2. The molecule has 0 radical (unpaired) electrons. The van der Waals surface area contributed by atoms with Crippen molar-refractivity contribution in [3.63, 3.8) is 0 Å². The van der Waals surface area contributed by atoms with Gasteiger partial charge in [0.25, 0.3) is 5.56 Å². The molecule has 23 heavy (non-hydrogen) atoms. The molecule has 4 nitrogen and oxygen atoms in total. The average Bonchev–Trinajstić information content (AvgIpc) is 3.41. The molecule has 4 rings (SSSR count). The van der Waals surface area contributed by atoms with E-state index in [1.165, 1.54) is 31.2 Å². The van der Waals surface area contributed by atoms with Gasteiger partial charge in [0.15, 0.2) is 0 Å². The molecule has 1 saturated carbocycles. The number of pyridine rings is 2. The second-order valence-corrected chi connectivity index (χ2v) is 6.79. The molecule has 2 heterocycles. The summed E-state index contributed by atoms with van der Waals surface area (Å²) >= 11 is 0. The third-order valence-corrected chi connectivity index (χ3v) is 5.03. The van der Waals surface area contributed by atoms with Crippen LogP contribution in [-0.4, -0.2) is 9.97 Å². The second-order valence-electron chi connectivity index (χ2n) is 6.79. The van der Waals surface area contributed by atoms with Gasteiger partial charge in [-0.3, -0.25) is 9.78 Å². The van der Waals surface area contributed by atoms with E-state index in [-0.39, 0.29) is 11.6 Å². The van der Waals surface area contributed by atoms with Gasteiger partial charge >= 0.3 is 0 Å². The minimum atomic E-state index is 0.0636. The Balaban J connectivity index is 1.52. The molecule has 2 aliphatic rings. The molecule has 0 saturated heterocycles. The first-order valence-corrected chi connectivity index (χ1v) is 8.69. The highest BCUT2D eigenvalue weighted by Gasteiger charge is 2.32. The zero-order valence-corrected chi connectivity index (χ0v) is 13.3. The summed E-state index contributed by atoms with van der Waals surface area (Å²) in [5.41, 5.74) is 4.48. The lowest BCUT2D eigenvalue weighted by Crippen LogP contribution is -2.28. The van der Waals surface area contributed by atoms with Gasteiger partial charge < -0.3 is 10.3 Å². The van der Waals surface area contributed by atoms with Crippen molar-refractivity contribution in [1.29, 1.82) is 0 Å². The van der Waals surface area contributed by atoms with E-state index in [1.807, 2.05) is 18.3 Å². The number of aryl methyl sites for hydroxylation is 2. The highest BCUT2D eigenvalue weighted by molar-refractivity contribution is 5.27. The van der Waals surface area contributed by atoms with Crippen molar-refractivity contribution in [3.05, 3.63) is 63.3 Å². The summed E-state index contributed by atoms with van der Waals surface area (Å²) < 4.78 is 0. The molecule has 1 atom stereocenters. The first-order chi connectivity index (χ1) is 11.3. The fourth-order valence-electron chi connectivity index (χ4n) is 3.58. The van der Waals surface area contributed by atoms with Gasteiger partial charge in [0.05, 0.1) is 11.7 Å². The Morgan fingerprint density at radius 1 is 1.26 bits per heavy atom. The van der Waals surface area contributed by atoms with E-state index in [4.69, 9.17) is 0 Å². The van der Waals surface area contributed by atoms with E-state index in [1.54, 1.807) is 0 Å². The molecule has 2 N–H and O–H groups in total. The Hall–Kier alpha value is -1.94. The first-order valence-electron chi connectivity index (χ1n) is 8.69. The minimum absolute atomic E-state index is 0.0636. The van der Waals surface area contributed by atoms with Crippen molar-refractivity contribution in [1.82, 2.24) is 15.3 Å². The molecule has 2 aromatic heterocycles. The van der Waals surface area contributed by atoms with Crippen LogP contribution in [0.4, 0.5) is 0 Å². The topological polar surface area (TPSA) is 57.8 Å². The molecule has 1 unspecified atom stereocenters. The Bertz CT molecular complexity index is 734. The number of nitrogens with zero attached hydrogens (tertiary/aromatic N) is 1. The molecular weight excluding hydrogens is 286 g/mol. The van der Waals surface area contributed by atoms with Crippen LogP contribution in [-0.2, 0) is 19.4 Å². The van der Waals surface area contributed by atoms with Gasteiger partial charge in [-0.15, -0.1) is 0 Å². The van der Waals surface area contributed by atoms with Gasteiger partial charge in [0, 0.05) is 24.0 Å². The first kappa shape index (κ1) is 14.6. The zero-order chi connectivity index (χ0) is 15.6. The number of hydrogen-bond acceptors (Lipinski definition) is 3. The van der Waals surface area contributed by atoms with Crippen LogP contribution in [0.1, 0.15) is 54.2 Å². The summed E-state index contributed by atoms with van der Waals surface area (Å²) in [4.78, 5) is 19.9. The Kier molecular flexibility index (Phi) is 4.00. The van der Waals surface area contributed by atoms with Crippen LogP contribution in [0, 0.1) is 5.92 Å². The van der Waals surface area contributed by atoms with Crippen LogP contribution in [0.5, 0.6) is 0 Å². The van der Waals surface area contributed by atoms with Gasteiger partial charge in [0.1, 0.15) is 0 Å². The maximum absolute atomic E-state index is 12.3. The van der Waals surface area contributed by atoms with Crippen molar-refractivity contribution >= 4 is 0 Å². The standard InChI is InChI=1S/C19H23N3O/c23-19-15(11-14-5-1-2-6-16(14)22-19)12-21-18(13-8-9-13)17-7-3-4-10-20-17/h3-4,7,10-11,13,18,21H,1-2,5-6,8-9,12H2,(H,22,23). The van der Waals surface area contributed by atoms with Crippen molar-refractivity contribution in [3.8, 4) is 0 Å². The lowest BCUT2D eigenvalue weighted by molar-refractivity contribution is 0.468. The monoisotopic (exact) mass is 309 g/mol. The minimum Gasteiger partial charge on any atom is -0.326 e. The molecule has 0 bridgehead atoms. The largest absolute Gasteiger partial charge is 0.326 e. The summed E-state index contributed by atoms with van der Waals surface area (Å²) in [5.74, 6) is 0.654. The van der Waals surface area contributed by atoms with Crippen LogP contribution in [0.25, 0.3) is 0 Å². The molecule has 2 aliphatic carbocycles. The van der Waals surface area contributed by atoms with Gasteiger partial charge in [-0.25, -0.2) is 0 Å². The highest BCUT2D eigenvalue weighted by atomic mass is 16.1. The molecule has 0 amide bonds. The number of fused-ring (bicyclic) bond motifs is 1. The predicted molar refractivity (Wildman–Crippen MR) is 90.2 cm³/mol. The molecule has 2 aromatic rings. The average molecular weight is 309 g/mol. The van der Waals surface area contributed by atoms with E-state index in [2.05, 4.69) is 27.4 Å². The van der Waals surface area contributed by atoms with E-state index in [9.17, 15) is 4.79 Å². The normalized spacial score (nSPS) is 18.4. The molecule has 1 fully saturated rings. The van der Waals surface area contributed by atoms with Gasteiger partial charge in [-0.2, -0.15) is 0 Å². The fourth-order valence-corrected chi connectivity index (χ4v) is 3.58. The molecule has 0 aliphatic heterocycles. The molecule has 0 spiro atoms.